The molecular formula is C12H14O. The highest BCUT2D eigenvalue weighted by molar-refractivity contribution is 5.55. The first-order valence-electron chi connectivity index (χ1n) is 4.92. The van der Waals surface area contributed by atoms with Crippen molar-refractivity contribution in [2.45, 2.75) is 31.6 Å². The van der Waals surface area contributed by atoms with Crippen molar-refractivity contribution in [3.8, 4) is 0 Å². The lowest BCUT2D eigenvalue weighted by Gasteiger charge is -2.26. The van der Waals surface area contributed by atoms with Gasteiger partial charge in [0.25, 0.3) is 0 Å². The second-order valence-electron chi connectivity index (χ2n) is 3.74. The van der Waals surface area contributed by atoms with E-state index in [4.69, 9.17) is 0 Å². The summed E-state index contributed by atoms with van der Waals surface area (Å²) in [7, 11) is 0. The van der Waals surface area contributed by atoms with E-state index < -0.39 is 0 Å². The van der Waals surface area contributed by atoms with Crippen LogP contribution in [0.4, 0.5) is 0 Å². The molecule has 0 unspecified atom stereocenters. The minimum absolute atomic E-state index is 0.556. The first-order valence-corrected chi connectivity index (χ1v) is 4.92. The van der Waals surface area contributed by atoms with E-state index in [-0.39, 0.29) is 0 Å². The number of hydrogen-bond acceptors (Lipinski definition) is 1. The molecule has 0 saturated heterocycles. The molecule has 0 aromatic heterocycles. The summed E-state index contributed by atoms with van der Waals surface area (Å²) >= 11 is 0. The predicted molar refractivity (Wildman–Crippen MR) is 52.8 cm³/mol. The first kappa shape index (κ1) is 8.49. The van der Waals surface area contributed by atoms with Crippen molar-refractivity contribution in [3.63, 3.8) is 0 Å². The predicted octanol–water partition coefficient (Wildman–Crippen LogP) is 2.70. The minimum atomic E-state index is 0.556. The summed E-state index contributed by atoms with van der Waals surface area (Å²) in [5.74, 6) is 0.770. The van der Waals surface area contributed by atoms with Crippen LogP contribution in [0.15, 0.2) is 24.3 Å². The van der Waals surface area contributed by atoms with Crippen LogP contribution in [0, 0.1) is 0 Å². The van der Waals surface area contributed by atoms with Crippen molar-refractivity contribution < 1.29 is 4.79 Å². The van der Waals surface area contributed by atoms with E-state index in [1.54, 1.807) is 0 Å². The molecule has 1 aliphatic carbocycles. The monoisotopic (exact) mass is 174 g/mol. The van der Waals surface area contributed by atoms with Gasteiger partial charge in [0.05, 0.1) is 0 Å². The molecule has 1 aliphatic rings. The van der Waals surface area contributed by atoms with Gasteiger partial charge in [-0.05, 0) is 29.9 Å². The van der Waals surface area contributed by atoms with E-state index in [1.807, 2.05) is 6.07 Å². The van der Waals surface area contributed by atoms with E-state index in [0.717, 1.165) is 17.8 Å². The molecule has 1 saturated carbocycles. The molecule has 0 heterocycles. The van der Waals surface area contributed by atoms with Crippen molar-refractivity contribution in [3.05, 3.63) is 35.4 Å². The molecule has 0 bridgehead atoms. The van der Waals surface area contributed by atoms with Gasteiger partial charge in [-0.1, -0.05) is 30.7 Å². The smallest absolute Gasteiger partial charge is 0.124 e. The zero-order valence-electron chi connectivity index (χ0n) is 7.70. The lowest BCUT2D eigenvalue weighted by molar-refractivity contribution is -0.107. The van der Waals surface area contributed by atoms with Crippen molar-refractivity contribution in [2.75, 3.05) is 0 Å². The average molecular weight is 174 g/mol. The molecule has 0 radical (unpaired) electrons. The van der Waals surface area contributed by atoms with Crippen LogP contribution < -0.4 is 0 Å². The van der Waals surface area contributed by atoms with Gasteiger partial charge in [-0.3, -0.25) is 0 Å². The Bertz CT molecular complexity index is 300. The Kier molecular flexibility index (Phi) is 2.44. The van der Waals surface area contributed by atoms with Gasteiger partial charge in [-0.15, -0.1) is 0 Å². The Labute approximate surface area is 78.8 Å². The van der Waals surface area contributed by atoms with Gasteiger partial charge >= 0.3 is 0 Å². The Morgan fingerprint density at radius 1 is 1.38 bits per heavy atom. The van der Waals surface area contributed by atoms with Crippen LogP contribution >= 0.6 is 0 Å². The quantitative estimate of drug-likeness (QED) is 0.644. The van der Waals surface area contributed by atoms with E-state index in [2.05, 4.69) is 18.2 Å². The molecule has 13 heavy (non-hydrogen) atoms. The summed E-state index contributed by atoms with van der Waals surface area (Å²) in [6.45, 7) is 0. The van der Waals surface area contributed by atoms with Crippen LogP contribution in [0.5, 0.6) is 0 Å². The molecule has 0 atom stereocenters. The number of carbonyl (C=O) groups is 1. The summed E-state index contributed by atoms with van der Waals surface area (Å²) in [6.07, 6.45) is 5.54. The Hall–Kier alpha value is -1.11. The Morgan fingerprint density at radius 3 is 2.85 bits per heavy atom. The van der Waals surface area contributed by atoms with Gasteiger partial charge in [0.2, 0.25) is 0 Å². The molecule has 0 aliphatic heterocycles. The second kappa shape index (κ2) is 3.73. The summed E-state index contributed by atoms with van der Waals surface area (Å²) < 4.78 is 0. The molecule has 68 valence electrons. The molecule has 0 spiro atoms. The van der Waals surface area contributed by atoms with Gasteiger partial charge < -0.3 is 4.79 Å². The van der Waals surface area contributed by atoms with Crippen LogP contribution in [0.1, 0.15) is 36.3 Å². The van der Waals surface area contributed by atoms with Crippen molar-refractivity contribution in [2.24, 2.45) is 0 Å². The highest BCUT2D eigenvalue weighted by atomic mass is 16.1. The van der Waals surface area contributed by atoms with Gasteiger partial charge in [0.1, 0.15) is 6.29 Å². The van der Waals surface area contributed by atoms with Crippen LogP contribution in [0.3, 0.4) is 0 Å². The van der Waals surface area contributed by atoms with E-state index in [1.165, 1.54) is 24.8 Å². The topological polar surface area (TPSA) is 17.1 Å². The maximum absolute atomic E-state index is 10.3. The van der Waals surface area contributed by atoms with Crippen molar-refractivity contribution >= 4 is 6.29 Å². The maximum Gasteiger partial charge on any atom is 0.124 e. The molecule has 2 rings (SSSR count). The van der Waals surface area contributed by atoms with Gasteiger partial charge in [0.15, 0.2) is 0 Å². The van der Waals surface area contributed by atoms with Gasteiger partial charge in [0, 0.05) is 6.42 Å². The average Bonchev–Trinajstić information content (AvgIpc) is 2.02. The number of aldehydes is 1. The number of hydrogen-bond donors (Lipinski definition) is 0. The largest absolute Gasteiger partial charge is 0.303 e. The van der Waals surface area contributed by atoms with E-state index in [9.17, 15) is 4.79 Å². The second-order valence-corrected chi connectivity index (χ2v) is 3.74. The molecular weight excluding hydrogens is 160 g/mol. The van der Waals surface area contributed by atoms with Crippen LogP contribution in [-0.4, -0.2) is 6.29 Å². The minimum Gasteiger partial charge on any atom is -0.303 e. The number of carbonyl (C=O) groups excluding carboxylic acids is 1. The van der Waals surface area contributed by atoms with Crippen molar-refractivity contribution in [1.82, 2.24) is 0 Å². The standard InChI is InChI=1S/C12H14O/c13-8-7-10-3-1-6-12(9-10)11-4-2-5-11/h1,3,6,8-9,11H,2,4-5,7H2. The zero-order valence-corrected chi connectivity index (χ0v) is 7.70. The summed E-state index contributed by atoms with van der Waals surface area (Å²) in [6, 6.07) is 8.44. The molecule has 0 amide bonds. The molecule has 1 aromatic carbocycles. The summed E-state index contributed by atoms with van der Waals surface area (Å²) in [4.78, 5) is 10.3. The SMILES string of the molecule is O=CCc1cccc(C2CCC2)c1. The molecule has 0 N–H and O–H groups in total. The lowest BCUT2D eigenvalue weighted by atomic mass is 9.79. The first-order chi connectivity index (χ1) is 6.40. The fraction of sp³-hybridized carbons (Fsp3) is 0.417. The van der Waals surface area contributed by atoms with Crippen LogP contribution in [0.2, 0.25) is 0 Å². The number of rotatable bonds is 3. The Morgan fingerprint density at radius 2 is 2.23 bits per heavy atom. The summed E-state index contributed by atoms with van der Waals surface area (Å²) in [5.41, 5.74) is 2.57. The maximum atomic E-state index is 10.3. The van der Waals surface area contributed by atoms with Crippen LogP contribution in [0.25, 0.3) is 0 Å². The van der Waals surface area contributed by atoms with Gasteiger partial charge in [-0.25, -0.2) is 0 Å². The molecule has 1 aromatic rings. The third-order valence-corrected chi connectivity index (χ3v) is 2.85. The third-order valence-electron chi connectivity index (χ3n) is 2.85. The Balaban J connectivity index is 2.16. The summed E-state index contributed by atoms with van der Waals surface area (Å²) in [5, 5.41) is 0. The fourth-order valence-electron chi connectivity index (χ4n) is 1.81. The zero-order chi connectivity index (χ0) is 9.10. The highest BCUT2D eigenvalue weighted by Gasteiger charge is 2.19. The van der Waals surface area contributed by atoms with E-state index >= 15 is 0 Å². The lowest BCUT2D eigenvalue weighted by Crippen LogP contribution is -2.08. The van der Waals surface area contributed by atoms with Gasteiger partial charge in [-0.2, -0.15) is 0 Å². The van der Waals surface area contributed by atoms with E-state index in [0.29, 0.717) is 6.42 Å². The molecule has 1 fully saturated rings. The fourth-order valence-corrected chi connectivity index (χ4v) is 1.81. The highest BCUT2D eigenvalue weighted by Crippen LogP contribution is 2.36. The van der Waals surface area contributed by atoms with Crippen molar-refractivity contribution in [1.29, 1.82) is 0 Å². The normalized spacial score (nSPS) is 16.6. The molecule has 1 heteroatoms. The third kappa shape index (κ3) is 1.80. The molecule has 1 nitrogen and oxygen atoms in total. The number of benzene rings is 1. The van der Waals surface area contributed by atoms with Crippen LogP contribution in [-0.2, 0) is 11.2 Å².